The summed E-state index contributed by atoms with van der Waals surface area (Å²) in [7, 11) is 0. The Bertz CT molecular complexity index is 1560. The third-order valence-electron chi connectivity index (χ3n) is 5.71. The van der Waals surface area contributed by atoms with Gasteiger partial charge >= 0.3 is 0 Å². The van der Waals surface area contributed by atoms with Crippen molar-refractivity contribution >= 4 is 33.3 Å². The van der Waals surface area contributed by atoms with E-state index in [4.69, 9.17) is 4.98 Å². The van der Waals surface area contributed by atoms with Crippen LogP contribution in [0.2, 0.25) is 0 Å². The molecular weight excluding hydrogens is 430 g/mol. The molecule has 0 spiro atoms. The van der Waals surface area contributed by atoms with Gasteiger partial charge in [-0.25, -0.2) is 4.98 Å². The van der Waals surface area contributed by atoms with Crippen LogP contribution >= 0.6 is 11.3 Å². The van der Waals surface area contributed by atoms with Crippen LogP contribution < -0.4 is 5.32 Å². The normalized spacial score (nSPS) is 11.5. The Hall–Kier alpha value is -3.88. The van der Waals surface area contributed by atoms with E-state index in [-0.39, 0.29) is 0 Å². The minimum absolute atomic E-state index is 0.784. The number of H-pyrrole nitrogens is 2. The number of nitrogens with one attached hydrogen (secondary N) is 3. The summed E-state index contributed by atoms with van der Waals surface area (Å²) in [4.78, 5) is 17.3. The number of rotatable bonds is 6. The zero-order chi connectivity index (χ0) is 22.2. The summed E-state index contributed by atoms with van der Waals surface area (Å²) in [5, 5.41) is 16.4. The summed E-state index contributed by atoms with van der Waals surface area (Å²) in [5.41, 5.74) is 9.64. The molecule has 0 saturated heterocycles. The quantitative estimate of drug-likeness (QED) is 0.315. The fraction of sp³-hybridized carbons (Fsp3) is 0.120. The standard InChI is InChI=1S/C25H21N7S/c1-2-26-9-15-7-17(11-27-10-15)20-3-4-21-24(30-20)25(32-31-21)22-8-18-19(16-5-6-33-14-16)12-28-13-23(18)29-22/h3-8,10-14,26,29H,2,9H2,1H3,(H,31,32). The molecule has 7 nitrogen and oxygen atoms in total. The Morgan fingerprint density at radius 3 is 2.79 bits per heavy atom. The SMILES string of the molecule is CCNCc1cncc(-c2ccc3[nH]nc(-c4cc5c(-c6ccsc6)cncc5[nH]4)c3n2)c1. The second kappa shape index (κ2) is 8.23. The number of hydrogen-bond acceptors (Lipinski definition) is 6. The highest BCUT2D eigenvalue weighted by Gasteiger charge is 2.16. The predicted octanol–water partition coefficient (Wildman–Crippen LogP) is 5.40. The number of hydrogen-bond donors (Lipinski definition) is 3. The Kier molecular flexibility index (Phi) is 4.93. The molecule has 0 atom stereocenters. The molecule has 162 valence electrons. The number of aromatic amines is 2. The lowest BCUT2D eigenvalue weighted by atomic mass is 10.1. The smallest absolute Gasteiger partial charge is 0.135 e. The van der Waals surface area contributed by atoms with Gasteiger partial charge in [0.05, 0.1) is 28.6 Å². The van der Waals surface area contributed by atoms with E-state index in [2.05, 4.69) is 66.3 Å². The first-order valence-corrected chi connectivity index (χ1v) is 11.7. The van der Waals surface area contributed by atoms with Gasteiger partial charge in [-0.3, -0.25) is 15.1 Å². The second-order valence-corrected chi connectivity index (χ2v) is 8.65. The third kappa shape index (κ3) is 3.59. The topological polar surface area (TPSA) is 95.2 Å². The molecule has 0 unspecified atom stereocenters. The van der Waals surface area contributed by atoms with E-state index >= 15 is 0 Å². The molecule has 0 bridgehead atoms. The summed E-state index contributed by atoms with van der Waals surface area (Å²) in [5.74, 6) is 0. The van der Waals surface area contributed by atoms with E-state index in [1.165, 1.54) is 5.56 Å². The molecule has 0 aliphatic carbocycles. The van der Waals surface area contributed by atoms with Crippen LogP contribution in [-0.4, -0.2) is 36.7 Å². The first-order chi connectivity index (χ1) is 16.3. The second-order valence-electron chi connectivity index (χ2n) is 7.87. The summed E-state index contributed by atoms with van der Waals surface area (Å²) < 4.78 is 0. The van der Waals surface area contributed by atoms with Crippen molar-refractivity contribution < 1.29 is 0 Å². The van der Waals surface area contributed by atoms with Crippen molar-refractivity contribution in [1.29, 1.82) is 0 Å². The van der Waals surface area contributed by atoms with E-state index in [0.29, 0.717) is 0 Å². The van der Waals surface area contributed by atoms with Crippen molar-refractivity contribution in [2.45, 2.75) is 13.5 Å². The first-order valence-electron chi connectivity index (χ1n) is 10.8. The van der Waals surface area contributed by atoms with Crippen LogP contribution in [0.3, 0.4) is 0 Å². The van der Waals surface area contributed by atoms with Crippen molar-refractivity contribution in [3.8, 4) is 33.8 Å². The fourth-order valence-corrected chi connectivity index (χ4v) is 4.72. The summed E-state index contributed by atoms with van der Waals surface area (Å²) in [6.45, 7) is 3.80. The Morgan fingerprint density at radius 1 is 0.970 bits per heavy atom. The fourth-order valence-electron chi connectivity index (χ4n) is 4.07. The van der Waals surface area contributed by atoms with Crippen molar-refractivity contribution in [3.63, 3.8) is 0 Å². The maximum Gasteiger partial charge on any atom is 0.135 e. The van der Waals surface area contributed by atoms with Gasteiger partial charge < -0.3 is 10.3 Å². The van der Waals surface area contributed by atoms with Crippen LogP contribution in [0.4, 0.5) is 0 Å². The molecule has 6 aromatic heterocycles. The number of nitrogens with zero attached hydrogens (tertiary/aromatic N) is 4. The summed E-state index contributed by atoms with van der Waals surface area (Å²) in [6, 6.07) is 10.4. The van der Waals surface area contributed by atoms with Gasteiger partial charge in [0.1, 0.15) is 11.2 Å². The Labute approximate surface area is 194 Å². The maximum absolute atomic E-state index is 4.96. The van der Waals surface area contributed by atoms with Gasteiger partial charge in [0.2, 0.25) is 0 Å². The lowest BCUT2D eigenvalue weighted by Crippen LogP contribution is -2.11. The molecule has 0 aliphatic rings. The molecule has 8 heteroatoms. The highest BCUT2D eigenvalue weighted by molar-refractivity contribution is 7.08. The van der Waals surface area contributed by atoms with E-state index in [9.17, 15) is 0 Å². The largest absolute Gasteiger partial charge is 0.352 e. The average Bonchev–Trinajstić information content (AvgIpc) is 3.61. The predicted molar refractivity (Wildman–Crippen MR) is 133 cm³/mol. The summed E-state index contributed by atoms with van der Waals surface area (Å²) in [6.07, 6.45) is 7.50. The molecular formula is C25H21N7S. The van der Waals surface area contributed by atoms with E-state index < -0.39 is 0 Å². The van der Waals surface area contributed by atoms with Crippen molar-refractivity contribution in [1.82, 2.24) is 35.5 Å². The molecule has 0 aromatic carbocycles. The van der Waals surface area contributed by atoms with Crippen LogP contribution in [0, 0.1) is 0 Å². The van der Waals surface area contributed by atoms with Gasteiger partial charge in [0, 0.05) is 41.6 Å². The monoisotopic (exact) mass is 451 g/mol. The van der Waals surface area contributed by atoms with E-state index in [1.807, 2.05) is 36.9 Å². The molecule has 6 aromatic rings. The van der Waals surface area contributed by atoms with Crippen LogP contribution in [0.1, 0.15) is 12.5 Å². The van der Waals surface area contributed by atoms with Crippen molar-refractivity contribution in [2.24, 2.45) is 0 Å². The average molecular weight is 452 g/mol. The number of pyridine rings is 3. The van der Waals surface area contributed by atoms with Gasteiger partial charge in [-0.15, -0.1) is 0 Å². The van der Waals surface area contributed by atoms with Gasteiger partial charge in [-0.1, -0.05) is 6.92 Å². The molecule has 33 heavy (non-hydrogen) atoms. The minimum Gasteiger partial charge on any atom is -0.352 e. The van der Waals surface area contributed by atoms with Gasteiger partial charge in [0.15, 0.2) is 0 Å². The van der Waals surface area contributed by atoms with E-state index in [1.54, 1.807) is 11.3 Å². The molecule has 0 aliphatic heterocycles. The van der Waals surface area contributed by atoms with Gasteiger partial charge in [-0.2, -0.15) is 16.4 Å². The zero-order valence-electron chi connectivity index (χ0n) is 18.0. The van der Waals surface area contributed by atoms with Gasteiger partial charge in [-0.05, 0) is 58.8 Å². The Morgan fingerprint density at radius 2 is 1.91 bits per heavy atom. The molecule has 3 N–H and O–H groups in total. The molecule has 0 radical (unpaired) electrons. The van der Waals surface area contributed by atoms with Crippen LogP contribution in [0.5, 0.6) is 0 Å². The zero-order valence-corrected chi connectivity index (χ0v) is 18.8. The van der Waals surface area contributed by atoms with E-state index in [0.717, 1.165) is 68.8 Å². The van der Waals surface area contributed by atoms with Crippen LogP contribution in [0.15, 0.2) is 65.9 Å². The van der Waals surface area contributed by atoms with Crippen LogP contribution in [-0.2, 0) is 6.54 Å². The highest BCUT2D eigenvalue weighted by Crippen LogP contribution is 2.34. The lowest BCUT2D eigenvalue weighted by molar-refractivity contribution is 0.724. The van der Waals surface area contributed by atoms with Crippen molar-refractivity contribution in [3.05, 3.63) is 71.4 Å². The molecule has 0 saturated carbocycles. The molecule has 0 fully saturated rings. The highest BCUT2D eigenvalue weighted by atomic mass is 32.1. The Balaban J connectivity index is 1.44. The number of fused-ring (bicyclic) bond motifs is 2. The lowest BCUT2D eigenvalue weighted by Gasteiger charge is -2.05. The number of thiophene rings is 1. The summed E-state index contributed by atoms with van der Waals surface area (Å²) >= 11 is 1.68. The molecule has 6 rings (SSSR count). The minimum atomic E-state index is 0.784. The molecule has 6 heterocycles. The first kappa shape index (κ1) is 19.8. The van der Waals surface area contributed by atoms with Gasteiger partial charge in [0.25, 0.3) is 0 Å². The molecule has 0 amide bonds. The van der Waals surface area contributed by atoms with Crippen LogP contribution in [0.25, 0.3) is 55.7 Å². The third-order valence-corrected chi connectivity index (χ3v) is 6.39. The number of aromatic nitrogens is 6. The maximum atomic E-state index is 4.96. The van der Waals surface area contributed by atoms with Crippen molar-refractivity contribution in [2.75, 3.05) is 6.54 Å².